The molecule has 0 saturated carbocycles. The second-order valence-corrected chi connectivity index (χ2v) is 7.71. The van der Waals surface area contributed by atoms with Crippen LogP contribution in [0, 0.1) is 5.92 Å². The van der Waals surface area contributed by atoms with Crippen molar-refractivity contribution in [3.63, 3.8) is 0 Å². The highest BCUT2D eigenvalue weighted by atomic mass is 16.4. The molecule has 0 aliphatic carbocycles. The average Bonchev–Trinajstić information content (AvgIpc) is 2.76. The van der Waals surface area contributed by atoms with E-state index >= 15 is 0 Å². The van der Waals surface area contributed by atoms with Crippen LogP contribution >= 0.6 is 0 Å². The van der Waals surface area contributed by atoms with Crippen LogP contribution in [-0.2, 0) is 0 Å². The maximum absolute atomic E-state index is 12.2. The van der Waals surface area contributed by atoms with Crippen molar-refractivity contribution in [3.8, 4) is 0 Å². The molecule has 6 N–H and O–H groups in total. The number of hydrogen-bond acceptors (Lipinski definition) is 8. The van der Waals surface area contributed by atoms with E-state index in [2.05, 4.69) is 0 Å². The van der Waals surface area contributed by atoms with Crippen molar-refractivity contribution in [1.82, 2.24) is 0 Å². The van der Waals surface area contributed by atoms with Crippen LogP contribution in [0.4, 0.5) is 11.4 Å². The van der Waals surface area contributed by atoms with Crippen LogP contribution in [-0.4, -0.2) is 55.4 Å². The maximum atomic E-state index is 12.2. The van der Waals surface area contributed by atoms with Crippen molar-refractivity contribution in [3.05, 3.63) is 20.4 Å². The van der Waals surface area contributed by atoms with E-state index < -0.39 is 23.5 Å². The molecule has 1 unspecified atom stereocenters. The molecule has 9 heteroatoms. The number of nitrogens with two attached hydrogens (primary N) is 2. The Balaban J connectivity index is 2.14. The lowest BCUT2D eigenvalue weighted by atomic mass is 9.79. The van der Waals surface area contributed by atoms with Gasteiger partial charge in [0.2, 0.25) is 0 Å². The average molecular weight is 352 g/mol. The molecule has 25 heavy (non-hydrogen) atoms. The highest BCUT2D eigenvalue weighted by molar-refractivity contribution is 6.40. The molecule has 0 bridgehead atoms. The topological polar surface area (TPSA) is 133 Å². The van der Waals surface area contributed by atoms with Crippen molar-refractivity contribution >= 4 is 18.5 Å². The lowest BCUT2D eigenvalue weighted by Crippen LogP contribution is -2.48. The van der Waals surface area contributed by atoms with Gasteiger partial charge in [0, 0.05) is 38.3 Å². The van der Waals surface area contributed by atoms with Gasteiger partial charge >= 0.3 is 7.12 Å². The molecule has 3 atom stereocenters. The number of anilines is 2. The smallest absolute Gasteiger partial charge is 0.427 e. The molecule has 8 nitrogen and oxygen atoms in total. The quantitative estimate of drug-likeness (QED) is 0.327. The van der Waals surface area contributed by atoms with Gasteiger partial charge in [-0.05, 0) is 32.5 Å². The van der Waals surface area contributed by atoms with Crippen molar-refractivity contribution in [2.24, 2.45) is 17.4 Å². The molecule has 1 aromatic carbocycles. The zero-order valence-electron chi connectivity index (χ0n) is 15.2. The van der Waals surface area contributed by atoms with E-state index in [9.17, 15) is 9.59 Å². The molecule has 0 aromatic heterocycles. The van der Waals surface area contributed by atoms with Crippen LogP contribution in [0.5, 0.6) is 0 Å². The van der Waals surface area contributed by atoms with Crippen LogP contribution in [0.3, 0.4) is 0 Å². The Kier molecular flexibility index (Phi) is 5.93. The van der Waals surface area contributed by atoms with Crippen LogP contribution in [0.1, 0.15) is 26.7 Å². The van der Waals surface area contributed by atoms with Crippen LogP contribution in [0.2, 0.25) is 6.32 Å². The minimum atomic E-state index is -1.31. The molecule has 0 radical (unpaired) electrons. The Morgan fingerprint density at radius 3 is 2.60 bits per heavy atom. The first-order valence-electron chi connectivity index (χ1n) is 8.74. The number of rotatable bonds is 8. The Morgan fingerprint density at radius 2 is 2.04 bits per heavy atom. The van der Waals surface area contributed by atoms with Gasteiger partial charge in [0.15, 0.2) is 0 Å². The summed E-state index contributed by atoms with van der Waals surface area (Å²) in [5, 5.41) is 18.0. The molecule has 1 aromatic rings. The minimum Gasteiger partial charge on any atom is -0.427 e. The van der Waals surface area contributed by atoms with Crippen molar-refractivity contribution in [1.29, 1.82) is 0 Å². The maximum Gasteiger partial charge on any atom is 0.451 e. The molecule has 1 fully saturated rings. The summed E-state index contributed by atoms with van der Waals surface area (Å²) in [4.78, 5) is 27.8. The molecule has 1 aliphatic rings. The van der Waals surface area contributed by atoms with Crippen molar-refractivity contribution in [2.45, 2.75) is 44.6 Å². The monoisotopic (exact) mass is 352 g/mol. The molecule has 0 spiro atoms. The normalized spacial score (nSPS) is 24.8. The van der Waals surface area contributed by atoms with Crippen molar-refractivity contribution < 1.29 is 10.0 Å². The SMILES string of the molecule is CC(N)CN(C)c1c(N2C[C@H](CCCB(O)O)[C@@](C)(N)C2)c(=O)c1=O. The predicted octanol–water partition coefficient (Wildman–Crippen LogP) is -1.53. The first kappa shape index (κ1) is 19.9. The third kappa shape index (κ3) is 4.23. The van der Waals surface area contributed by atoms with Gasteiger partial charge in [-0.3, -0.25) is 9.59 Å². The second-order valence-electron chi connectivity index (χ2n) is 7.71. The molecule has 1 saturated heterocycles. The summed E-state index contributed by atoms with van der Waals surface area (Å²) in [5.41, 5.74) is 11.6. The Morgan fingerprint density at radius 1 is 1.40 bits per heavy atom. The largest absolute Gasteiger partial charge is 0.451 e. The van der Waals surface area contributed by atoms with Gasteiger partial charge in [-0.1, -0.05) is 6.42 Å². The summed E-state index contributed by atoms with van der Waals surface area (Å²) in [6, 6.07) is -0.113. The number of hydrogen-bond donors (Lipinski definition) is 4. The summed E-state index contributed by atoms with van der Waals surface area (Å²) >= 11 is 0. The van der Waals surface area contributed by atoms with Gasteiger partial charge < -0.3 is 31.3 Å². The fraction of sp³-hybridized carbons (Fsp3) is 0.750. The lowest BCUT2D eigenvalue weighted by Gasteiger charge is -2.29. The second kappa shape index (κ2) is 7.45. The van der Waals surface area contributed by atoms with E-state index in [-0.39, 0.29) is 12.0 Å². The molecule has 1 aliphatic heterocycles. The molecular formula is C16H29BN4O4. The fourth-order valence-electron chi connectivity index (χ4n) is 3.76. The highest BCUT2D eigenvalue weighted by Crippen LogP contribution is 2.35. The predicted molar refractivity (Wildman–Crippen MR) is 101 cm³/mol. The van der Waals surface area contributed by atoms with E-state index in [0.717, 1.165) is 6.42 Å². The summed E-state index contributed by atoms with van der Waals surface area (Å²) in [6.07, 6.45) is 1.68. The van der Waals surface area contributed by atoms with E-state index in [1.807, 2.05) is 18.7 Å². The van der Waals surface area contributed by atoms with Gasteiger partial charge in [0.25, 0.3) is 10.9 Å². The van der Waals surface area contributed by atoms with Gasteiger partial charge in [-0.25, -0.2) is 0 Å². The van der Waals surface area contributed by atoms with Gasteiger partial charge in [0.05, 0.1) is 0 Å². The van der Waals surface area contributed by atoms with E-state index in [4.69, 9.17) is 21.5 Å². The standard InChI is InChI=1S/C16H29BN4O4/c1-10(18)7-20(3)12-13(15(23)14(12)22)21-8-11(16(2,19)9-21)5-4-6-17(24)25/h10-11,24-25H,4-9,18-19H2,1-3H3/t10?,11-,16-/m0/s1. The Labute approximate surface area is 148 Å². The molecule has 0 amide bonds. The summed E-state index contributed by atoms with van der Waals surface area (Å²) in [6.45, 7) is 5.34. The van der Waals surface area contributed by atoms with Crippen LogP contribution in [0.15, 0.2) is 9.59 Å². The molecule has 1 heterocycles. The Hall–Kier alpha value is -1.42. The van der Waals surface area contributed by atoms with E-state index in [1.54, 1.807) is 11.9 Å². The van der Waals surface area contributed by atoms with Crippen LogP contribution < -0.4 is 32.1 Å². The highest BCUT2D eigenvalue weighted by Gasteiger charge is 2.43. The lowest BCUT2D eigenvalue weighted by molar-refractivity contribution is 0.343. The van der Waals surface area contributed by atoms with Gasteiger partial charge in [-0.2, -0.15) is 0 Å². The molecule has 2 rings (SSSR count). The number of nitrogens with zero attached hydrogens (tertiary/aromatic N) is 2. The van der Waals surface area contributed by atoms with Gasteiger partial charge in [0.1, 0.15) is 11.4 Å². The fourth-order valence-corrected chi connectivity index (χ4v) is 3.76. The first-order chi connectivity index (χ1) is 11.5. The zero-order valence-corrected chi connectivity index (χ0v) is 15.2. The number of likely N-dealkylation sites (N-methyl/N-ethyl adjacent to an activating group) is 1. The summed E-state index contributed by atoms with van der Waals surface area (Å²) in [7, 11) is 0.453. The van der Waals surface area contributed by atoms with Crippen molar-refractivity contribution in [2.75, 3.05) is 36.5 Å². The summed E-state index contributed by atoms with van der Waals surface area (Å²) in [5.74, 6) is 0.113. The Bertz CT molecular complexity index is 669. The van der Waals surface area contributed by atoms with Crippen LogP contribution in [0.25, 0.3) is 0 Å². The zero-order chi connectivity index (χ0) is 18.9. The molecular weight excluding hydrogens is 323 g/mol. The third-order valence-corrected chi connectivity index (χ3v) is 5.04. The first-order valence-corrected chi connectivity index (χ1v) is 8.74. The minimum absolute atomic E-state index is 0.113. The van der Waals surface area contributed by atoms with Gasteiger partial charge in [-0.15, -0.1) is 0 Å². The molecule has 140 valence electrons. The van der Waals surface area contributed by atoms with E-state index in [1.165, 1.54) is 0 Å². The third-order valence-electron chi connectivity index (χ3n) is 5.04. The van der Waals surface area contributed by atoms with E-state index in [0.29, 0.717) is 43.8 Å². The summed E-state index contributed by atoms with van der Waals surface area (Å²) < 4.78 is 0.